The van der Waals surface area contributed by atoms with E-state index < -0.39 is 6.17 Å². The van der Waals surface area contributed by atoms with Crippen molar-refractivity contribution in [2.45, 2.75) is 6.17 Å². The average Bonchev–Trinajstić information content (AvgIpc) is 2.16. The molecule has 13 heavy (non-hydrogen) atoms. The van der Waals surface area contributed by atoms with Gasteiger partial charge in [0.15, 0.2) is 0 Å². The lowest BCUT2D eigenvalue weighted by Gasteiger charge is -2.13. The number of hydrogen-bond acceptors (Lipinski definition) is 2. The van der Waals surface area contributed by atoms with Crippen molar-refractivity contribution in [1.29, 1.82) is 0 Å². The van der Waals surface area contributed by atoms with Crippen LogP contribution in [0.2, 0.25) is 0 Å². The molecule has 70 valence electrons. The first-order valence-corrected chi connectivity index (χ1v) is 3.62. The number of rotatable bonds is 5. The maximum Gasteiger partial charge on any atom is 0.245 e. The van der Waals surface area contributed by atoms with Crippen LogP contribution in [0.15, 0.2) is 38.0 Å². The molecule has 0 unspecified atom stereocenters. The third-order valence-electron chi connectivity index (χ3n) is 1.20. The summed E-state index contributed by atoms with van der Waals surface area (Å²) in [4.78, 5) is 21.6. The molecule has 0 spiro atoms. The second kappa shape index (κ2) is 5.77. The van der Waals surface area contributed by atoms with Gasteiger partial charge in [0, 0.05) is 0 Å². The van der Waals surface area contributed by atoms with Crippen LogP contribution in [0, 0.1) is 0 Å². The van der Waals surface area contributed by atoms with Gasteiger partial charge in [-0.3, -0.25) is 9.59 Å². The predicted molar refractivity (Wildman–Crippen MR) is 50.7 cm³/mol. The van der Waals surface area contributed by atoms with E-state index in [1.54, 1.807) is 0 Å². The van der Waals surface area contributed by atoms with Crippen LogP contribution in [0.25, 0.3) is 0 Å². The third-order valence-corrected chi connectivity index (χ3v) is 1.20. The van der Waals surface area contributed by atoms with Crippen LogP contribution >= 0.6 is 0 Å². The standard InChI is InChI=1S/C9H12N2O2/c1-4-7(10-8(12)5-2)11-9(13)6-3/h4-7H,1-3H2,(H,10,12)(H,11,13). The van der Waals surface area contributed by atoms with Crippen LogP contribution in [0.1, 0.15) is 0 Å². The van der Waals surface area contributed by atoms with Crippen LogP contribution in [0.4, 0.5) is 0 Å². The molecule has 0 aromatic carbocycles. The Kier molecular flexibility index (Phi) is 4.95. The molecule has 2 N–H and O–H groups in total. The van der Waals surface area contributed by atoms with Crippen molar-refractivity contribution in [1.82, 2.24) is 10.6 Å². The van der Waals surface area contributed by atoms with Crippen molar-refractivity contribution in [2.24, 2.45) is 0 Å². The van der Waals surface area contributed by atoms with Gasteiger partial charge in [0.25, 0.3) is 0 Å². The fourth-order valence-corrected chi connectivity index (χ4v) is 0.578. The fourth-order valence-electron chi connectivity index (χ4n) is 0.578. The van der Waals surface area contributed by atoms with Gasteiger partial charge in [-0.15, -0.1) is 0 Å². The van der Waals surface area contributed by atoms with Gasteiger partial charge >= 0.3 is 0 Å². The zero-order valence-electron chi connectivity index (χ0n) is 7.25. The number of nitrogens with one attached hydrogen (secondary N) is 2. The van der Waals surface area contributed by atoms with Gasteiger partial charge in [0.05, 0.1) is 0 Å². The van der Waals surface area contributed by atoms with Crippen LogP contribution in [0.3, 0.4) is 0 Å². The zero-order chi connectivity index (χ0) is 10.3. The Morgan fingerprint density at radius 1 is 1.00 bits per heavy atom. The van der Waals surface area contributed by atoms with Crippen LogP contribution < -0.4 is 10.6 Å². The lowest BCUT2D eigenvalue weighted by Crippen LogP contribution is -2.45. The molecular formula is C9H12N2O2. The first kappa shape index (κ1) is 11.2. The second-order valence-corrected chi connectivity index (χ2v) is 2.14. The van der Waals surface area contributed by atoms with Crippen molar-refractivity contribution in [3.05, 3.63) is 38.0 Å². The summed E-state index contributed by atoms with van der Waals surface area (Å²) < 4.78 is 0. The van der Waals surface area contributed by atoms with Crippen molar-refractivity contribution in [2.75, 3.05) is 0 Å². The van der Waals surface area contributed by atoms with E-state index in [0.29, 0.717) is 0 Å². The minimum absolute atomic E-state index is 0.380. The van der Waals surface area contributed by atoms with Crippen LogP contribution in [0.5, 0.6) is 0 Å². The molecule has 0 aliphatic heterocycles. The summed E-state index contributed by atoms with van der Waals surface area (Å²) in [6.45, 7) is 9.97. The molecule has 0 fully saturated rings. The highest BCUT2D eigenvalue weighted by Gasteiger charge is 2.06. The van der Waals surface area contributed by atoms with E-state index in [9.17, 15) is 9.59 Å². The summed E-state index contributed by atoms with van der Waals surface area (Å²) in [5.74, 6) is -0.761. The highest BCUT2D eigenvalue weighted by Crippen LogP contribution is 1.81. The molecule has 0 atom stereocenters. The first-order valence-electron chi connectivity index (χ1n) is 3.62. The Morgan fingerprint density at radius 3 is 1.62 bits per heavy atom. The monoisotopic (exact) mass is 180 g/mol. The Labute approximate surface area is 77.0 Å². The summed E-state index contributed by atoms with van der Waals surface area (Å²) in [5.41, 5.74) is 0. The maximum absolute atomic E-state index is 10.8. The van der Waals surface area contributed by atoms with E-state index in [-0.39, 0.29) is 11.8 Å². The molecule has 0 aliphatic rings. The van der Waals surface area contributed by atoms with E-state index in [2.05, 4.69) is 30.4 Å². The third kappa shape index (κ3) is 4.58. The summed E-state index contributed by atoms with van der Waals surface area (Å²) >= 11 is 0. The minimum Gasteiger partial charge on any atom is -0.329 e. The highest BCUT2D eigenvalue weighted by molar-refractivity contribution is 5.89. The summed E-state index contributed by atoms with van der Waals surface area (Å²) in [6.07, 6.45) is 3.01. The van der Waals surface area contributed by atoms with E-state index >= 15 is 0 Å². The molecule has 0 saturated heterocycles. The topological polar surface area (TPSA) is 58.2 Å². The van der Waals surface area contributed by atoms with Gasteiger partial charge in [-0.2, -0.15) is 0 Å². The molecular weight excluding hydrogens is 168 g/mol. The predicted octanol–water partition coefficient (Wildman–Crippen LogP) is 0.103. The molecule has 0 saturated carbocycles. The quantitative estimate of drug-likeness (QED) is 0.358. The normalized spacial score (nSPS) is 8.69. The Bertz CT molecular complexity index is 224. The lowest BCUT2D eigenvalue weighted by molar-refractivity contribution is -0.119. The lowest BCUT2D eigenvalue weighted by atomic mass is 10.4. The van der Waals surface area contributed by atoms with E-state index in [1.165, 1.54) is 6.08 Å². The van der Waals surface area contributed by atoms with Crippen LogP contribution in [-0.2, 0) is 9.59 Å². The highest BCUT2D eigenvalue weighted by atomic mass is 16.2. The minimum atomic E-state index is -0.601. The van der Waals surface area contributed by atoms with E-state index in [0.717, 1.165) is 12.2 Å². The summed E-state index contributed by atoms with van der Waals surface area (Å²) in [6, 6.07) is 0. The average molecular weight is 180 g/mol. The van der Waals surface area contributed by atoms with Gasteiger partial charge in [-0.1, -0.05) is 19.7 Å². The Morgan fingerprint density at radius 2 is 1.38 bits per heavy atom. The van der Waals surface area contributed by atoms with Gasteiger partial charge < -0.3 is 10.6 Å². The molecule has 4 nitrogen and oxygen atoms in total. The molecule has 0 heterocycles. The van der Waals surface area contributed by atoms with E-state index in [1.807, 2.05) is 0 Å². The van der Waals surface area contributed by atoms with Crippen LogP contribution in [-0.4, -0.2) is 18.0 Å². The Hall–Kier alpha value is -1.84. The maximum atomic E-state index is 10.8. The molecule has 0 radical (unpaired) electrons. The number of carbonyl (C=O) groups is 2. The molecule has 0 aliphatic carbocycles. The summed E-state index contributed by atoms with van der Waals surface area (Å²) in [7, 11) is 0. The van der Waals surface area contributed by atoms with Crippen molar-refractivity contribution in [3.63, 3.8) is 0 Å². The molecule has 0 bridgehead atoms. The fraction of sp³-hybridized carbons (Fsp3) is 0.111. The van der Waals surface area contributed by atoms with Crippen molar-refractivity contribution in [3.8, 4) is 0 Å². The molecule has 0 aromatic heterocycles. The molecule has 2 amide bonds. The second-order valence-electron chi connectivity index (χ2n) is 2.14. The number of amides is 2. The van der Waals surface area contributed by atoms with Gasteiger partial charge in [0.1, 0.15) is 6.17 Å². The smallest absolute Gasteiger partial charge is 0.245 e. The largest absolute Gasteiger partial charge is 0.329 e. The molecule has 4 heteroatoms. The number of carbonyl (C=O) groups excluding carboxylic acids is 2. The van der Waals surface area contributed by atoms with Gasteiger partial charge in [0.2, 0.25) is 11.8 Å². The first-order chi connectivity index (χ1) is 6.13. The molecule has 0 rings (SSSR count). The van der Waals surface area contributed by atoms with Gasteiger partial charge in [-0.25, -0.2) is 0 Å². The van der Waals surface area contributed by atoms with Crippen molar-refractivity contribution >= 4 is 11.8 Å². The Balaban J connectivity index is 4.10. The van der Waals surface area contributed by atoms with E-state index in [4.69, 9.17) is 0 Å². The van der Waals surface area contributed by atoms with Gasteiger partial charge in [-0.05, 0) is 18.2 Å². The number of hydrogen-bond donors (Lipinski definition) is 2. The SMILES string of the molecule is C=CC(=O)NC(C=C)NC(=O)C=C. The van der Waals surface area contributed by atoms with Crippen molar-refractivity contribution < 1.29 is 9.59 Å². The molecule has 0 aromatic rings. The summed E-state index contributed by atoms with van der Waals surface area (Å²) in [5, 5.41) is 4.85. The zero-order valence-corrected chi connectivity index (χ0v) is 7.25.